The van der Waals surface area contributed by atoms with Gasteiger partial charge in [0.15, 0.2) is 0 Å². The van der Waals surface area contributed by atoms with E-state index in [1.807, 2.05) is 48.9 Å². The Hall–Kier alpha value is -3.00. The van der Waals surface area contributed by atoms with Gasteiger partial charge < -0.3 is 9.30 Å². The van der Waals surface area contributed by atoms with Gasteiger partial charge in [0.25, 0.3) is 0 Å². The largest absolute Gasteiger partial charge is 0.447 e. The summed E-state index contributed by atoms with van der Waals surface area (Å²) in [6.45, 7) is 6.58. The molecule has 1 aliphatic rings. The van der Waals surface area contributed by atoms with E-state index in [2.05, 4.69) is 26.9 Å². The third-order valence-corrected chi connectivity index (χ3v) is 5.79. The highest BCUT2D eigenvalue weighted by molar-refractivity contribution is 6.30. The number of amides is 1. The van der Waals surface area contributed by atoms with Gasteiger partial charge in [-0.25, -0.2) is 24.6 Å². The van der Waals surface area contributed by atoms with Crippen LogP contribution in [0.4, 0.5) is 10.7 Å². The molecule has 0 N–H and O–H groups in total. The van der Waals surface area contributed by atoms with Crippen LogP contribution in [-0.2, 0) is 11.2 Å². The van der Waals surface area contributed by atoms with Crippen LogP contribution in [0, 0.1) is 5.92 Å². The van der Waals surface area contributed by atoms with Gasteiger partial charge in [0.2, 0.25) is 5.95 Å². The fourth-order valence-corrected chi connectivity index (χ4v) is 3.68. The molecule has 1 aliphatic heterocycles. The van der Waals surface area contributed by atoms with Crippen molar-refractivity contribution in [3.63, 3.8) is 0 Å². The van der Waals surface area contributed by atoms with Crippen LogP contribution in [0.15, 0.2) is 43.1 Å². The zero-order chi connectivity index (χ0) is 22.0. The Morgan fingerprint density at radius 3 is 2.68 bits per heavy atom. The standard InChI is InChI=1S/C22H25ClN6O2/c1-14(2)19-11-31-22(30)29(19)21-25-12-24-20(27-21)9-4-15(3)18-10-28(13-26-18)17-7-5-16(23)6-8-17/h5-8,10,12-15,19H,4,9,11H2,1-3H3/t15-,19-/m1/s1. The summed E-state index contributed by atoms with van der Waals surface area (Å²) in [6, 6.07) is 7.56. The molecule has 3 heterocycles. The predicted molar refractivity (Wildman–Crippen MR) is 118 cm³/mol. The Morgan fingerprint density at radius 1 is 1.16 bits per heavy atom. The van der Waals surface area contributed by atoms with Crippen molar-refractivity contribution in [1.82, 2.24) is 24.5 Å². The molecule has 4 rings (SSSR count). The average Bonchev–Trinajstić information content (AvgIpc) is 3.40. The maximum atomic E-state index is 12.2. The predicted octanol–water partition coefficient (Wildman–Crippen LogP) is 4.43. The first-order chi connectivity index (χ1) is 14.9. The SMILES string of the molecule is CC(C)[C@H]1COC(=O)N1c1ncnc(CC[C@@H](C)c2cn(-c3ccc(Cl)cc3)cn2)n1. The second-order valence-corrected chi connectivity index (χ2v) is 8.52. The van der Waals surface area contributed by atoms with Gasteiger partial charge >= 0.3 is 6.09 Å². The van der Waals surface area contributed by atoms with E-state index >= 15 is 0 Å². The number of hydrogen-bond acceptors (Lipinski definition) is 6. The minimum Gasteiger partial charge on any atom is -0.447 e. The Morgan fingerprint density at radius 2 is 1.94 bits per heavy atom. The van der Waals surface area contributed by atoms with E-state index in [-0.39, 0.29) is 17.9 Å². The van der Waals surface area contributed by atoms with Gasteiger partial charge in [0, 0.05) is 29.2 Å². The number of carbonyl (C=O) groups is 1. The number of aryl methyl sites for hydroxylation is 1. The van der Waals surface area contributed by atoms with E-state index in [0.29, 0.717) is 29.8 Å². The van der Waals surface area contributed by atoms with Crippen LogP contribution in [0.2, 0.25) is 5.02 Å². The number of carbonyl (C=O) groups excluding carboxylic acids is 1. The van der Waals surface area contributed by atoms with Crippen LogP contribution in [0.25, 0.3) is 5.69 Å². The zero-order valence-corrected chi connectivity index (χ0v) is 18.5. The number of cyclic esters (lactones) is 1. The molecular weight excluding hydrogens is 416 g/mol. The summed E-state index contributed by atoms with van der Waals surface area (Å²) in [5, 5.41) is 0.705. The first-order valence-corrected chi connectivity index (χ1v) is 10.7. The van der Waals surface area contributed by atoms with Gasteiger partial charge in [-0.1, -0.05) is 32.4 Å². The molecule has 162 valence electrons. The summed E-state index contributed by atoms with van der Waals surface area (Å²) >= 11 is 5.97. The third kappa shape index (κ3) is 4.69. The van der Waals surface area contributed by atoms with Crippen LogP contribution >= 0.6 is 11.6 Å². The number of aromatic nitrogens is 5. The average molecular weight is 441 g/mol. The minimum atomic E-state index is -0.406. The summed E-state index contributed by atoms with van der Waals surface area (Å²) in [5.41, 5.74) is 2.00. The highest BCUT2D eigenvalue weighted by Crippen LogP contribution is 2.25. The highest BCUT2D eigenvalue weighted by atomic mass is 35.5. The lowest BCUT2D eigenvalue weighted by Gasteiger charge is -2.22. The first kappa shape index (κ1) is 21.2. The van der Waals surface area contributed by atoms with Gasteiger partial charge in [0.05, 0.1) is 18.1 Å². The van der Waals surface area contributed by atoms with Crippen molar-refractivity contribution in [3.05, 3.63) is 59.7 Å². The van der Waals surface area contributed by atoms with Crippen molar-refractivity contribution in [2.75, 3.05) is 11.5 Å². The molecule has 8 nitrogen and oxygen atoms in total. The summed E-state index contributed by atoms with van der Waals surface area (Å²) < 4.78 is 7.18. The monoisotopic (exact) mass is 440 g/mol. The summed E-state index contributed by atoms with van der Waals surface area (Å²) in [5.74, 6) is 1.46. The smallest absolute Gasteiger partial charge is 0.417 e. The number of halogens is 1. The van der Waals surface area contributed by atoms with Crippen molar-refractivity contribution in [1.29, 1.82) is 0 Å². The molecule has 0 spiro atoms. The van der Waals surface area contributed by atoms with Gasteiger partial charge in [0.1, 0.15) is 18.8 Å². The molecule has 31 heavy (non-hydrogen) atoms. The van der Waals surface area contributed by atoms with E-state index in [9.17, 15) is 4.79 Å². The first-order valence-electron chi connectivity index (χ1n) is 10.4. The highest BCUT2D eigenvalue weighted by Gasteiger charge is 2.38. The van der Waals surface area contributed by atoms with Crippen molar-refractivity contribution in [2.45, 2.75) is 45.6 Å². The molecule has 1 saturated heterocycles. The molecule has 0 unspecified atom stereocenters. The van der Waals surface area contributed by atoms with E-state index in [4.69, 9.17) is 16.3 Å². The molecule has 0 bridgehead atoms. The molecule has 3 aromatic rings. The number of hydrogen-bond donors (Lipinski definition) is 0. The maximum absolute atomic E-state index is 12.2. The van der Waals surface area contributed by atoms with Gasteiger partial charge in [-0.15, -0.1) is 0 Å². The number of nitrogens with zero attached hydrogens (tertiary/aromatic N) is 6. The molecule has 1 amide bonds. The van der Waals surface area contributed by atoms with Crippen LogP contribution in [0.1, 0.15) is 44.6 Å². The van der Waals surface area contributed by atoms with E-state index < -0.39 is 6.09 Å². The second-order valence-electron chi connectivity index (χ2n) is 8.08. The number of ether oxygens (including phenoxy) is 1. The quantitative estimate of drug-likeness (QED) is 0.540. The Balaban J connectivity index is 1.42. The molecule has 2 aromatic heterocycles. The molecule has 0 aliphatic carbocycles. The summed E-state index contributed by atoms with van der Waals surface area (Å²) in [6.07, 6.45) is 6.36. The molecule has 0 radical (unpaired) electrons. The van der Waals surface area contributed by atoms with Crippen LogP contribution in [0.5, 0.6) is 0 Å². The molecule has 1 fully saturated rings. The van der Waals surface area contributed by atoms with Crippen molar-refractivity contribution >= 4 is 23.6 Å². The molecule has 1 aromatic carbocycles. The topological polar surface area (TPSA) is 86.0 Å². The van der Waals surface area contributed by atoms with E-state index in [1.165, 1.54) is 11.2 Å². The van der Waals surface area contributed by atoms with Gasteiger partial charge in [-0.3, -0.25) is 0 Å². The molecule has 9 heteroatoms. The second kappa shape index (κ2) is 9.01. The third-order valence-electron chi connectivity index (χ3n) is 5.53. The van der Waals surface area contributed by atoms with Gasteiger partial charge in [-0.05, 0) is 36.6 Å². The number of anilines is 1. The normalized spacial score (nSPS) is 17.3. The number of benzene rings is 1. The van der Waals surface area contributed by atoms with Gasteiger partial charge in [-0.2, -0.15) is 4.98 Å². The number of imidazole rings is 1. The Bertz CT molecular complexity index is 1050. The lowest BCUT2D eigenvalue weighted by molar-refractivity contribution is 0.177. The Kier molecular flexibility index (Phi) is 6.18. The van der Waals surface area contributed by atoms with Crippen LogP contribution in [-0.4, -0.2) is 43.2 Å². The van der Waals surface area contributed by atoms with Crippen LogP contribution in [0.3, 0.4) is 0 Å². The lowest BCUT2D eigenvalue weighted by Crippen LogP contribution is -2.38. The Labute approximate surface area is 186 Å². The zero-order valence-electron chi connectivity index (χ0n) is 17.8. The fourth-order valence-electron chi connectivity index (χ4n) is 3.55. The summed E-state index contributed by atoms with van der Waals surface area (Å²) in [4.78, 5) is 31.3. The van der Waals surface area contributed by atoms with Crippen molar-refractivity contribution < 1.29 is 9.53 Å². The summed E-state index contributed by atoms with van der Waals surface area (Å²) in [7, 11) is 0. The molecule has 2 atom stereocenters. The molecule has 0 saturated carbocycles. The van der Waals surface area contributed by atoms with Crippen molar-refractivity contribution in [2.24, 2.45) is 5.92 Å². The maximum Gasteiger partial charge on any atom is 0.417 e. The fraction of sp³-hybridized carbons (Fsp3) is 0.409. The minimum absolute atomic E-state index is 0.0708. The van der Waals surface area contributed by atoms with E-state index in [1.54, 1.807) is 6.33 Å². The van der Waals surface area contributed by atoms with E-state index in [0.717, 1.165) is 17.8 Å². The van der Waals surface area contributed by atoms with Crippen LogP contribution < -0.4 is 4.90 Å². The van der Waals surface area contributed by atoms with Crippen molar-refractivity contribution in [3.8, 4) is 5.69 Å². The molecular formula is C22H25ClN6O2. The lowest BCUT2D eigenvalue weighted by atomic mass is 10.0. The number of rotatable bonds is 7.